The fourth-order valence-corrected chi connectivity index (χ4v) is 4.92. The van der Waals surface area contributed by atoms with Crippen molar-refractivity contribution in [1.82, 2.24) is 10.2 Å². The van der Waals surface area contributed by atoms with E-state index < -0.39 is 17.5 Å². The average molecular weight is 422 g/mol. The lowest BCUT2D eigenvalue weighted by Gasteiger charge is -2.41. The second-order valence-corrected chi connectivity index (χ2v) is 8.56. The van der Waals surface area contributed by atoms with Crippen molar-refractivity contribution in [2.75, 3.05) is 19.7 Å². The van der Waals surface area contributed by atoms with E-state index in [-0.39, 0.29) is 11.7 Å². The van der Waals surface area contributed by atoms with Crippen molar-refractivity contribution in [3.8, 4) is 0 Å². The summed E-state index contributed by atoms with van der Waals surface area (Å²) >= 11 is 5.95. The summed E-state index contributed by atoms with van der Waals surface area (Å²) in [6.07, 6.45) is 4.99. The topological polar surface area (TPSA) is 50.5 Å². The number of alkyl halides is 4. The molecule has 2 unspecified atom stereocenters. The van der Waals surface area contributed by atoms with Crippen LogP contribution in [-0.2, 0) is 4.74 Å². The maximum Gasteiger partial charge on any atom is 0.396 e. The van der Waals surface area contributed by atoms with Gasteiger partial charge in [0.05, 0.1) is 28.8 Å². The van der Waals surface area contributed by atoms with Gasteiger partial charge in [-0.15, -0.1) is 11.6 Å². The van der Waals surface area contributed by atoms with Crippen molar-refractivity contribution in [2.24, 2.45) is 11.7 Å². The zero-order valence-electron chi connectivity index (χ0n) is 16.4. The Morgan fingerprint density at radius 2 is 1.79 bits per heavy atom. The van der Waals surface area contributed by atoms with Crippen LogP contribution >= 0.6 is 11.6 Å². The number of nitrogens with zero attached hydrogens (tertiary/aromatic N) is 1. The molecule has 0 radical (unpaired) electrons. The lowest BCUT2D eigenvalue weighted by molar-refractivity contribution is -0.159. The van der Waals surface area contributed by atoms with Crippen LogP contribution in [0.4, 0.5) is 13.2 Å². The molecule has 2 fully saturated rings. The number of hydrogen-bond acceptors (Lipinski definition) is 4. The summed E-state index contributed by atoms with van der Waals surface area (Å²) in [7, 11) is 0. The fraction of sp³-hybridized carbons (Fsp3) is 0.800. The largest absolute Gasteiger partial charge is 0.397 e. The Balaban J connectivity index is 1.47. The van der Waals surface area contributed by atoms with Gasteiger partial charge < -0.3 is 20.7 Å². The molecule has 160 valence electrons. The van der Waals surface area contributed by atoms with Gasteiger partial charge in [-0.25, -0.2) is 0 Å². The molecule has 3 rings (SSSR count). The van der Waals surface area contributed by atoms with Crippen LogP contribution in [0.3, 0.4) is 0 Å². The Morgan fingerprint density at radius 3 is 2.36 bits per heavy atom. The lowest BCUT2D eigenvalue weighted by atomic mass is 9.90. The van der Waals surface area contributed by atoms with Gasteiger partial charge in [0, 0.05) is 31.8 Å². The van der Waals surface area contributed by atoms with Crippen molar-refractivity contribution in [3.05, 3.63) is 23.5 Å². The molecule has 0 aromatic heterocycles. The van der Waals surface area contributed by atoms with Crippen molar-refractivity contribution in [3.63, 3.8) is 0 Å². The van der Waals surface area contributed by atoms with E-state index in [2.05, 4.69) is 10.2 Å². The van der Waals surface area contributed by atoms with Crippen LogP contribution in [0, 0.1) is 5.92 Å². The zero-order valence-corrected chi connectivity index (χ0v) is 17.1. The standard InChI is InChI=1S/C20H31ClF3N3O/c1-2-28-15-5-3-14(4-6-15)27-9-7-13(8-10-27)26-19-12-17(21)16(11-18(19)25)20(22,23)24/h11-17,26H,2-10,25H2,1H3. The number of rotatable bonds is 5. The second-order valence-electron chi connectivity index (χ2n) is 8.05. The first kappa shape index (κ1) is 21.8. The van der Waals surface area contributed by atoms with Gasteiger partial charge in [-0.1, -0.05) is 0 Å². The number of nitrogens with two attached hydrogens (primary N) is 1. The molecule has 3 N–H and O–H groups in total. The minimum Gasteiger partial charge on any atom is -0.397 e. The molecular weight excluding hydrogens is 391 g/mol. The highest BCUT2D eigenvalue weighted by Crippen LogP contribution is 2.37. The quantitative estimate of drug-likeness (QED) is 0.661. The average Bonchev–Trinajstić information content (AvgIpc) is 2.65. The molecule has 0 amide bonds. The smallest absolute Gasteiger partial charge is 0.396 e. The molecule has 0 aromatic carbocycles. The highest BCUT2D eigenvalue weighted by Gasteiger charge is 2.44. The number of ether oxygens (including phenoxy) is 1. The highest BCUT2D eigenvalue weighted by molar-refractivity contribution is 6.22. The van der Waals surface area contributed by atoms with Gasteiger partial charge >= 0.3 is 6.18 Å². The molecule has 3 aliphatic rings. The van der Waals surface area contributed by atoms with E-state index in [4.69, 9.17) is 22.1 Å². The van der Waals surface area contributed by atoms with Crippen LogP contribution in [0.15, 0.2) is 23.5 Å². The first-order valence-electron chi connectivity index (χ1n) is 10.3. The Kier molecular flexibility index (Phi) is 7.21. The number of piperidine rings is 1. The molecule has 2 atom stereocenters. The van der Waals surface area contributed by atoms with Gasteiger partial charge in [-0.2, -0.15) is 13.2 Å². The third kappa shape index (κ3) is 5.36. The summed E-state index contributed by atoms with van der Waals surface area (Å²) in [5.41, 5.74) is 6.55. The maximum absolute atomic E-state index is 13.0. The van der Waals surface area contributed by atoms with Crippen molar-refractivity contribution in [2.45, 2.75) is 75.2 Å². The fourth-order valence-electron chi connectivity index (χ4n) is 4.58. The van der Waals surface area contributed by atoms with Gasteiger partial charge in [0.2, 0.25) is 0 Å². The molecule has 1 aliphatic heterocycles. The summed E-state index contributed by atoms with van der Waals surface area (Å²) in [6.45, 7) is 4.82. The van der Waals surface area contributed by atoms with E-state index in [1.54, 1.807) is 0 Å². The lowest BCUT2D eigenvalue weighted by Crippen LogP contribution is -2.48. The SMILES string of the molecule is CCOC1CCC(N2CCC(NC3=CC(Cl)C(C(F)(F)F)C=C3N)CC2)CC1. The van der Waals surface area contributed by atoms with Crippen LogP contribution in [0.1, 0.15) is 45.4 Å². The predicted molar refractivity (Wildman–Crippen MR) is 105 cm³/mol. The number of allylic oxidation sites excluding steroid dienone is 2. The zero-order chi connectivity index (χ0) is 20.3. The van der Waals surface area contributed by atoms with E-state index in [1.807, 2.05) is 6.92 Å². The van der Waals surface area contributed by atoms with E-state index in [1.165, 1.54) is 18.9 Å². The van der Waals surface area contributed by atoms with E-state index in [0.717, 1.165) is 51.5 Å². The van der Waals surface area contributed by atoms with Crippen molar-refractivity contribution in [1.29, 1.82) is 0 Å². The van der Waals surface area contributed by atoms with E-state index in [0.29, 0.717) is 17.8 Å². The van der Waals surface area contributed by atoms with Crippen molar-refractivity contribution >= 4 is 11.6 Å². The van der Waals surface area contributed by atoms with Gasteiger partial charge in [0.25, 0.3) is 0 Å². The predicted octanol–water partition coefficient (Wildman–Crippen LogP) is 3.91. The number of hydrogen-bond donors (Lipinski definition) is 2. The molecule has 1 saturated carbocycles. The minimum absolute atomic E-state index is 0.135. The first-order valence-corrected chi connectivity index (χ1v) is 10.7. The summed E-state index contributed by atoms with van der Waals surface area (Å²) in [5.74, 6) is -1.73. The maximum atomic E-state index is 13.0. The Hall–Kier alpha value is -0.920. The summed E-state index contributed by atoms with van der Waals surface area (Å²) in [4.78, 5) is 2.55. The number of halogens is 4. The minimum atomic E-state index is -4.38. The molecule has 28 heavy (non-hydrogen) atoms. The third-order valence-corrected chi connectivity index (χ3v) is 6.57. The molecular formula is C20H31ClF3N3O. The molecule has 4 nitrogen and oxygen atoms in total. The van der Waals surface area contributed by atoms with Crippen molar-refractivity contribution < 1.29 is 17.9 Å². The van der Waals surface area contributed by atoms with E-state index >= 15 is 0 Å². The monoisotopic (exact) mass is 421 g/mol. The van der Waals surface area contributed by atoms with Gasteiger partial charge in [0.15, 0.2) is 0 Å². The summed E-state index contributed by atoms with van der Waals surface area (Å²) in [5, 5.41) is 2.20. The molecule has 0 aromatic rings. The normalized spacial score (nSPS) is 33.3. The number of nitrogens with one attached hydrogen (secondary N) is 1. The molecule has 1 heterocycles. The second kappa shape index (κ2) is 9.26. The first-order chi connectivity index (χ1) is 13.3. The van der Waals surface area contributed by atoms with Gasteiger partial charge in [-0.05, 0) is 57.6 Å². The molecule has 0 bridgehead atoms. The number of likely N-dealkylation sites (tertiary alicyclic amines) is 1. The van der Waals surface area contributed by atoms with E-state index in [9.17, 15) is 13.2 Å². The molecule has 8 heteroatoms. The summed E-state index contributed by atoms with van der Waals surface area (Å²) < 4.78 is 44.7. The van der Waals surface area contributed by atoms with Crippen LogP contribution in [0.25, 0.3) is 0 Å². The molecule has 2 aliphatic carbocycles. The van der Waals surface area contributed by atoms with Gasteiger partial charge in [0.1, 0.15) is 0 Å². The summed E-state index contributed by atoms with van der Waals surface area (Å²) in [6, 6.07) is 0.830. The Morgan fingerprint density at radius 1 is 1.14 bits per heavy atom. The third-order valence-electron chi connectivity index (χ3n) is 6.17. The Bertz CT molecular complexity index is 580. The van der Waals surface area contributed by atoms with Crippen LogP contribution in [-0.4, -0.2) is 54.3 Å². The van der Waals surface area contributed by atoms with Gasteiger partial charge in [-0.3, -0.25) is 0 Å². The molecule has 0 spiro atoms. The van der Waals surface area contributed by atoms with Crippen LogP contribution in [0.5, 0.6) is 0 Å². The Labute approximate surface area is 170 Å². The highest BCUT2D eigenvalue weighted by atomic mass is 35.5. The van der Waals surface area contributed by atoms with Crippen LogP contribution in [0.2, 0.25) is 0 Å². The van der Waals surface area contributed by atoms with Crippen LogP contribution < -0.4 is 11.1 Å². The molecule has 1 saturated heterocycles.